The standard InChI is InChI=1S/C14H14F2N2S/c1-7(2)12-8(3)17-13(18-14(12)19)9-4-10(15)6-11(16)5-9/h4-7H,1-3H3,(H,17,18,19). The minimum atomic E-state index is -0.637. The second kappa shape index (κ2) is 5.17. The Hall–Kier alpha value is -1.62. The van der Waals surface area contributed by atoms with Crippen molar-refractivity contribution in [3.05, 3.63) is 45.7 Å². The van der Waals surface area contributed by atoms with Crippen molar-refractivity contribution in [2.45, 2.75) is 26.7 Å². The molecule has 2 aromatic rings. The van der Waals surface area contributed by atoms with Crippen molar-refractivity contribution < 1.29 is 8.78 Å². The molecule has 2 nitrogen and oxygen atoms in total. The van der Waals surface area contributed by atoms with E-state index in [0.29, 0.717) is 16.0 Å². The van der Waals surface area contributed by atoms with Crippen LogP contribution >= 0.6 is 12.2 Å². The highest BCUT2D eigenvalue weighted by atomic mass is 32.1. The molecule has 1 N–H and O–H groups in total. The Balaban J connectivity index is 2.62. The van der Waals surface area contributed by atoms with E-state index in [-0.39, 0.29) is 5.92 Å². The van der Waals surface area contributed by atoms with E-state index in [1.807, 2.05) is 20.8 Å². The fraction of sp³-hybridized carbons (Fsp3) is 0.286. The number of aryl methyl sites for hydroxylation is 1. The normalized spacial score (nSPS) is 11.1. The molecule has 0 unspecified atom stereocenters. The van der Waals surface area contributed by atoms with Crippen LogP contribution in [-0.2, 0) is 0 Å². The van der Waals surface area contributed by atoms with Gasteiger partial charge in [-0.15, -0.1) is 0 Å². The van der Waals surface area contributed by atoms with Gasteiger partial charge in [-0.05, 0) is 25.0 Å². The predicted molar refractivity (Wildman–Crippen MR) is 73.6 cm³/mol. The van der Waals surface area contributed by atoms with Crippen LogP contribution in [0.2, 0.25) is 0 Å². The number of hydrogen-bond acceptors (Lipinski definition) is 2. The molecular formula is C14H14F2N2S. The number of hydrogen-bond donors (Lipinski definition) is 1. The van der Waals surface area contributed by atoms with Gasteiger partial charge in [0.05, 0.1) is 0 Å². The Bertz CT molecular complexity index is 657. The van der Waals surface area contributed by atoms with Crippen LogP contribution < -0.4 is 0 Å². The summed E-state index contributed by atoms with van der Waals surface area (Å²) in [6, 6.07) is 3.28. The van der Waals surface area contributed by atoms with Crippen molar-refractivity contribution in [3.63, 3.8) is 0 Å². The number of aromatic amines is 1. The maximum atomic E-state index is 13.2. The van der Waals surface area contributed by atoms with Crippen LogP contribution in [0.15, 0.2) is 18.2 Å². The van der Waals surface area contributed by atoms with E-state index in [4.69, 9.17) is 12.2 Å². The highest BCUT2D eigenvalue weighted by molar-refractivity contribution is 7.71. The van der Waals surface area contributed by atoms with Crippen molar-refractivity contribution >= 4 is 12.2 Å². The molecule has 1 heterocycles. The predicted octanol–water partition coefficient (Wildman–Crippen LogP) is 4.52. The lowest BCUT2D eigenvalue weighted by Crippen LogP contribution is -2.02. The Morgan fingerprint density at radius 1 is 1.16 bits per heavy atom. The summed E-state index contributed by atoms with van der Waals surface area (Å²) < 4.78 is 26.9. The molecule has 19 heavy (non-hydrogen) atoms. The van der Waals surface area contributed by atoms with Gasteiger partial charge >= 0.3 is 0 Å². The summed E-state index contributed by atoms with van der Waals surface area (Å²) in [5, 5.41) is 0. The zero-order chi connectivity index (χ0) is 14.2. The molecule has 0 radical (unpaired) electrons. The van der Waals surface area contributed by atoms with E-state index in [2.05, 4.69) is 9.97 Å². The number of nitrogens with one attached hydrogen (secondary N) is 1. The maximum absolute atomic E-state index is 13.2. The summed E-state index contributed by atoms with van der Waals surface area (Å²) in [4.78, 5) is 7.29. The number of H-pyrrole nitrogens is 1. The molecule has 0 bridgehead atoms. The van der Waals surface area contributed by atoms with Crippen LogP contribution in [0.25, 0.3) is 11.4 Å². The first kappa shape index (κ1) is 13.8. The minimum absolute atomic E-state index is 0.245. The second-order valence-electron chi connectivity index (χ2n) is 4.74. The highest BCUT2D eigenvalue weighted by Crippen LogP contribution is 2.23. The van der Waals surface area contributed by atoms with Gasteiger partial charge in [-0.2, -0.15) is 0 Å². The summed E-state index contributed by atoms with van der Waals surface area (Å²) in [5.74, 6) is -0.650. The van der Waals surface area contributed by atoms with Gasteiger partial charge in [-0.25, -0.2) is 13.8 Å². The average Bonchev–Trinajstić information content (AvgIpc) is 2.25. The van der Waals surface area contributed by atoms with Crippen LogP contribution in [-0.4, -0.2) is 9.97 Å². The zero-order valence-corrected chi connectivity index (χ0v) is 11.7. The van der Waals surface area contributed by atoms with Crippen LogP contribution in [0, 0.1) is 23.2 Å². The molecule has 100 valence electrons. The average molecular weight is 280 g/mol. The molecule has 0 aliphatic rings. The molecule has 0 spiro atoms. The summed E-state index contributed by atoms with van der Waals surface area (Å²) in [7, 11) is 0. The fourth-order valence-electron chi connectivity index (χ4n) is 2.10. The molecule has 1 aromatic heterocycles. The lowest BCUT2D eigenvalue weighted by Gasteiger charge is -2.11. The summed E-state index contributed by atoms with van der Waals surface area (Å²) in [6.45, 7) is 5.93. The third kappa shape index (κ3) is 2.87. The summed E-state index contributed by atoms with van der Waals surface area (Å²) >= 11 is 5.25. The first-order valence-electron chi connectivity index (χ1n) is 5.95. The number of aromatic nitrogens is 2. The van der Waals surface area contributed by atoms with Crippen molar-refractivity contribution in [2.75, 3.05) is 0 Å². The van der Waals surface area contributed by atoms with Crippen molar-refractivity contribution in [2.24, 2.45) is 0 Å². The zero-order valence-electron chi connectivity index (χ0n) is 10.9. The summed E-state index contributed by atoms with van der Waals surface area (Å²) in [5.41, 5.74) is 2.17. The molecule has 0 amide bonds. The number of rotatable bonds is 2. The molecule has 1 aromatic carbocycles. The van der Waals surface area contributed by atoms with Crippen molar-refractivity contribution in [1.29, 1.82) is 0 Å². The fourth-order valence-corrected chi connectivity index (χ4v) is 2.58. The van der Waals surface area contributed by atoms with Crippen molar-refractivity contribution in [3.8, 4) is 11.4 Å². The lowest BCUT2D eigenvalue weighted by atomic mass is 10.0. The minimum Gasteiger partial charge on any atom is -0.343 e. The Morgan fingerprint density at radius 3 is 2.21 bits per heavy atom. The smallest absolute Gasteiger partial charge is 0.139 e. The van der Waals surface area contributed by atoms with Gasteiger partial charge in [0.15, 0.2) is 0 Å². The van der Waals surface area contributed by atoms with Gasteiger partial charge in [0.25, 0.3) is 0 Å². The number of nitrogens with zero attached hydrogens (tertiary/aromatic N) is 1. The molecule has 0 aliphatic heterocycles. The molecular weight excluding hydrogens is 266 g/mol. The SMILES string of the molecule is Cc1[nH]c(-c2cc(F)cc(F)c2)nc(=S)c1C(C)C. The van der Waals surface area contributed by atoms with Gasteiger partial charge in [0.1, 0.15) is 22.1 Å². The van der Waals surface area contributed by atoms with E-state index in [1.54, 1.807) is 0 Å². The third-order valence-corrected chi connectivity index (χ3v) is 3.18. The first-order valence-corrected chi connectivity index (χ1v) is 6.36. The number of benzene rings is 1. The Labute approximate surface area is 115 Å². The van der Waals surface area contributed by atoms with Crippen LogP contribution in [0.4, 0.5) is 8.78 Å². The van der Waals surface area contributed by atoms with Crippen LogP contribution in [0.1, 0.15) is 31.0 Å². The van der Waals surface area contributed by atoms with E-state index in [1.165, 1.54) is 12.1 Å². The molecule has 0 saturated heterocycles. The van der Waals surface area contributed by atoms with Gasteiger partial charge < -0.3 is 4.98 Å². The lowest BCUT2D eigenvalue weighted by molar-refractivity contribution is 0.584. The second-order valence-corrected chi connectivity index (χ2v) is 5.13. The van der Waals surface area contributed by atoms with Gasteiger partial charge in [0, 0.05) is 22.9 Å². The topological polar surface area (TPSA) is 28.7 Å². The molecule has 2 rings (SSSR count). The van der Waals surface area contributed by atoms with Crippen LogP contribution in [0.3, 0.4) is 0 Å². The molecule has 0 atom stereocenters. The third-order valence-electron chi connectivity index (χ3n) is 2.87. The quantitative estimate of drug-likeness (QED) is 0.819. The Morgan fingerprint density at radius 2 is 1.74 bits per heavy atom. The van der Waals surface area contributed by atoms with E-state index >= 15 is 0 Å². The number of halogens is 2. The summed E-state index contributed by atoms with van der Waals surface area (Å²) in [6.07, 6.45) is 0. The first-order chi connectivity index (χ1) is 8.88. The van der Waals surface area contributed by atoms with Gasteiger partial charge in [-0.3, -0.25) is 0 Å². The van der Waals surface area contributed by atoms with Gasteiger partial charge in [-0.1, -0.05) is 26.1 Å². The van der Waals surface area contributed by atoms with E-state index in [0.717, 1.165) is 17.3 Å². The highest BCUT2D eigenvalue weighted by Gasteiger charge is 2.11. The van der Waals surface area contributed by atoms with E-state index < -0.39 is 11.6 Å². The maximum Gasteiger partial charge on any atom is 0.139 e. The van der Waals surface area contributed by atoms with Crippen molar-refractivity contribution in [1.82, 2.24) is 9.97 Å². The molecule has 0 saturated carbocycles. The molecule has 0 fully saturated rings. The largest absolute Gasteiger partial charge is 0.343 e. The molecule has 5 heteroatoms. The van der Waals surface area contributed by atoms with Crippen LogP contribution in [0.5, 0.6) is 0 Å². The Kier molecular flexibility index (Phi) is 3.75. The van der Waals surface area contributed by atoms with E-state index in [9.17, 15) is 8.78 Å². The van der Waals surface area contributed by atoms with Gasteiger partial charge in [0.2, 0.25) is 0 Å². The monoisotopic (exact) mass is 280 g/mol. The molecule has 0 aliphatic carbocycles.